The van der Waals surface area contributed by atoms with Crippen LogP contribution in [0.4, 0.5) is 0 Å². The molecule has 146 valence electrons. The summed E-state index contributed by atoms with van der Waals surface area (Å²) in [5.41, 5.74) is 1.60. The summed E-state index contributed by atoms with van der Waals surface area (Å²) in [5.74, 6) is -0.302. The molecule has 0 radical (unpaired) electrons. The van der Waals surface area contributed by atoms with E-state index in [-0.39, 0.29) is 23.4 Å². The van der Waals surface area contributed by atoms with Gasteiger partial charge in [-0.05, 0) is 37.8 Å². The molecule has 1 fully saturated rings. The fourth-order valence-electron chi connectivity index (χ4n) is 3.59. The summed E-state index contributed by atoms with van der Waals surface area (Å²) < 4.78 is 6.58. The maximum Gasteiger partial charge on any atom is 0.285 e. The Morgan fingerprint density at radius 1 is 1.29 bits per heavy atom. The van der Waals surface area contributed by atoms with Crippen LogP contribution in [0.1, 0.15) is 35.2 Å². The third kappa shape index (κ3) is 3.97. The lowest BCUT2D eigenvalue weighted by atomic mass is 9.74. The summed E-state index contributed by atoms with van der Waals surface area (Å²) in [7, 11) is 0. The fourth-order valence-corrected chi connectivity index (χ4v) is 3.59. The molecule has 1 aromatic heterocycles. The van der Waals surface area contributed by atoms with Gasteiger partial charge in [0, 0.05) is 25.2 Å². The Labute approximate surface area is 163 Å². The van der Waals surface area contributed by atoms with E-state index in [9.17, 15) is 14.9 Å². The van der Waals surface area contributed by atoms with Crippen molar-refractivity contribution in [3.63, 3.8) is 0 Å². The predicted octanol–water partition coefficient (Wildman–Crippen LogP) is 1.60. The number of hydrogen-bond acceptors (Lipinski definition) is 5. The summed E-state index contributed by atoms with van der Waals surface area (Å²) in [5, 5.41) is 16.3. The number of nitriles is 1. The highest BCUT2D eigenvalue weighted by Gasteiger charge is 2.34. The van der Waals surface area contributed by atoms with Gasteiger partial charge in [-0.15, -0.1) is 0 Å². The average molecular weight is 380 g/mol. The zero-order chi connectivity index (χ0) is 20.1. The average Bonchev–Trinajstić information content (AvgIpc) is 2.72. The van der Waals surface area contributed by atoms with Crippen LogP contribution in [-0.4, -0.2) is 35.4 Å². The molecule has 0 aliphatic carbocycles. The first kappa shape index (κ1) is 19.8. The van der Waals surface area contributed by atoms with E-state index >= 15 is 0 Å². The number of hydrogen-bond donors (Lipinski definition) is 1. The van der Waals surface area contributed by atoms with Gasteiger partial charge in [-0.1, -0.05) is 30.3 Å². The fraction of sp³-hybridized carbons (Fsp3) is 0.429. The normalized spacial score (nSPS) is 15.6. The number of rotatable bonds is 5. The number of nitrogens with zero attached hydrogens (tertiary/aromatic N) is 3. The van der Waals surface area contributed by atoms with Crippen LogP contribution in [0.15, 0.2) is 35.1 Å². The van der Waals surface area contributed by atoms with Gasteiger partial charge in [0.2, 0.25) is 5.91 Å². The summed E-state index contributed by atoms with van der Waals surface area (Å²) in [4.78, 5) is 24.9. The van der Waals surface area contributed by atoms with Crippen LogP contribution in [0, 0.1) is 25.2 Å². The molecule has 1 aliphatic rings. The lowest BCUT2D eigenvalue weighted by Gasteiger charge is -2.38. The number of carbonyl (C=O) groups excluding carboxylic acids is 1. The van der Waals surface area contributed by atoms with Crippen molar-refractivity contribution >= 4 is 5.91 Å². The molecule has 1 aliphatic heterocycles. The van der Waals surface area contributed by atoms with Crippen LogP contribution >= 0.6 is 0 Å². The van der Waals surface area contributed by atoms with Crippen LogP contribution in [0.2, 0.25) is 0 Å². The molecule has 0 atom stereocenters. The molecule has 7 nitrogen and oxygen atoms in total. The largest absolute Gasteiger partial charge is 0.381 e. The standard InChI is InChI=1S/C21H24N4O3/c1-15-16(2)24-25(20(27)18(15)12-22)13-19(26)23-14-21(8-10-28-11-9-21)17-6-4-3-5-7-17/h3-7H,8-11,13-14H2,1-2H3,(H,23,26). The second kappa shape index (κ2) is 8.36. The molecule has 1 N–H and O–H groups in total. The molecule has 1 amide bonds. The molecule has 0 spiro atoms. The van der Waals surface area contributed by atoms with E-state index in [4.69, 9.17) is 4.74 Å². The van der Waals surface area contributed by atoms with Gasteiger partial charge in [-0.2, -0.15) is 10.4 Å². The Morgan fingerprint density at radius 2 is 1.96 bits per heavy atom. The lowest BCUT2D eigenvalue weighted by Crippen LogP contribution is -2.46. The summed E-state index contributed by atoms with van der Waals surface area (Å²) in [6, 6.07) is 12.0. The van der Waals surface area contributed by atoms with E-state index in [0.29, 0.717) is 31.0 Å². The summed E-state index contributed by atoms with van der Waals surface area (Å²) in [6.07, 6.45) is 1.63. The van der Waals surface area contributed by atoms with E-state index in [1.54, 1.807) is 13.8 Å². The van der Waals surface area contributed by atoms with Gasteiger partial charge in [0.1, 0.15) is 18.2 Å². The Bertz CT molecular complexity index is 954. The predicted molar refractivity (Wildman–Crippen MR) is 104 cm³/mol. The molecule has 1 aromatic carbocycles. The number of benzene rings is 1. The highest BCUT2D eigenvalue weighted by Crippen LogP contribution is 2.34. The minimum atomic E-state index is -0.537. The van der Waals surface area contributed by atoms with Crippen LogP contribution in [0.5, 0.6) is 0 Å². The van der Waals surface area contributed by atoms with Crippen LogP contribution in [-0.2, 0) is 21.5 Å². The monoisotopic (exact) mass is 380 g/mol. The topological polar surface area (TPSA) is 97.0 Å². The number of nitrogens with one attached hydrogen (secondary N) is 1. The van der Waals surface area contributed by atoms with Crippen molar-refractivity contribution in [2.45, 2.75) is 38.6 Å². The van der Waals surface area contributed by atoms with Crippen LogP contribution in [0.25, 0.3) is 0 Å². The Balaban J connectivity index is 1.76. The van der Waals surface area contributed by atoms with E-state index in [0.717, 1.165) is 17.5 Å². The lowest BCUT2D eigenvalue weighted by molar-refractivity contribution is -0.122. The molecule has 0 unspecified atom stereocenters. The minimum absolute atomic E-state index is 0.0329. The van der Waals surface area contributed by atoms with E-state index < -0.39 is 5.56 Å². The summed E-state index contributed by atoms with van der Waals surface area (Å²) >= 11 is 0. The van der Waals surface area contributed by atoms with Gasteiger partial charge in [0.25, 0.3) is 5.56 Å². The third-order valence-corrected chi connectivity index (χ3v) is 5.50. The highest BCUT2D eigenvalue weighted by atomic mass is 16.5. The highest BCUT2D eigenvalue weighted by molar-refractivity contribution is 5.75. The zero-order valence-electron chi connectivity index (χ0n) is 16.2. The molecular weight excluding hydrogens is 356 g/mol. The first-order chi connectivity index (χ1) is 13.5. The summed E-state index contributed by atoms with van der Waals surface area (Å²) in [6.45, 7) is 4.95. The molecule has 28 heavy (non-hydrogen) atoms. The quantitative estimate of drug-likeness (QED) is 0.850. The van der Waals surface area contributed by atoms with Crippen molar-refractivity contribution < 1.29 is 9.53 Å². The van der Waals surface area contributed by atoms with Crippen molar-refractivity contribution in [2.24, 2.45) is 0 Å². The first-order valence-corrected chi connectivity index (χ1v) is 9.35. The molecule has 1 saturated heterocycles. The van der Waals surface area contributed by atoms with Crippen LogP contribution in [0.3, 0.4) is 0 Å². The molecule has 0 saturated carbocycles. The van der Waals surface area contributed by atoms with Crippen molar-refractivity contribution in [3.05, 3.63) is 63.1 Å². The molecule has 2 aromatic rings. The Hall–Kier alpha value is -2.98. The first-order valence-electron chi connectivity index (χ1n) is 9.35. The maximum atomic E-state index is 12.6. The van der Waals surface area contributed by atoms with Crippen molar-refractivity contribution in [3.8, 4) is 6.07 Å². The second-order valence-electron chi connectivity index (χ2n) is 7.20. The number of ether oxygens (including phenoxy) is 1. The van der Waals surface area contributed by atoms with Gasteiger partial charge in [-0.25, -0.2) is 4.68 Å². The van der Waals surface area contributed by atoms with Crippen molar-refractivity contribution in [2.75, 3.05) is 19.8 Å². The number of carbonyl (C=O) groups is 1. The van der Waals surface area contributed by atoms with Gasteiger partial charge in [0.05, 0.1) is 5.69 Å². The molecular formula is C21H24N4O3. The van der Waals surface area contributed by atoms with Gasteiger partial charge >= 0.3 is 0 Å². The maximum absolute atomic E-state index is 12.6. The molecule has 3 rings (SSSR count). The smallest absolute Gasteiger partial charge is 0.285 e. The number of aryl methyl sites for hydroxylation is 1. The van der Waals surface area contributed by atoms with Crippen LogP contribution < -0.4 is 10.9 Å². The van der Waals surface area contributed by atoms with E-state index in [2.05, 4.69) is 22.5 Å². The minimum Gasteiger partial charge on any atom is -0.381 e. The molecule has 7 heteroatoms. The third-order valence-electron chi connectivity index (χ3n) is 5.50. The number of amides is 1. The zero-order valence-corrected chi connectivity index (χ0v) is 16.2. The molecule has 2 heterocycles. The van der Waals surface area contributed by atoms with E-state index in [1.165, 1.54) is 5.56 Å². The van der Waals surface area contributed by atoms with Gasteiger partial charge < -0.3 is 10.1 Å². The van der Waals surface area contributed by atoms with Crippen molar-refractivity contribution in [1.82, 2.24) is 15.1 Å². The van der Waals surface area contributed by atoms with E-state index in [1.807, 2.05) is 24.3 Å². The second-order valence-corrected chi connectivity index (χ2v) is 7.20. The van der Waals surface area contributed by atoms with Gasteiger partial charge in [-0.3, -0.25) is 9.59 Å². The molecule has 0 bridgehead atoms. The SMILES string of the molecule is Cc1nn(CC(=O)NCC2(c3ccccc3)CCOCC2)c(=O)c(C#N)c1C. The Morgan fingerprint density at radius 3 is 2.61 bits per heavy atom. The Kier molecular flexibility index (Phi) is 5.90. The number of aromatic nitrogens is 2. The van der Waals surface area contributed by atoms with Gasteiger partial charge in [0.15, 0.2) is 0 Å². The van der Waals surface area contributed by atoms with Crippen molar-refractivity contribution in [1.29, 1.82) is 5.26 Å².